The number of carbonyl (C=O) groups is 1. The molecule has 5 nitrogen and oxygen atoms in total. The molecule has 126 valence electrons. The fourth-order valence-electron chi connectivity index (χ4n) is 2.68. The molecule has 1 aliphatic rings. The minimum absolute atomic E-state index is 0.00278. The van der Waals surface area contributed by atoms with E-state index in [0.29, 0.717) is 18.6 Å². The van der Waals surface area contributed by atoms with E-state index in [1.807, 2.05) is 13.0 Å². The molecule has 6 heteroatoms. The van der Waals surface area contributed by atoms with Gasteiger partial charge in [0.2, 0.25) is 5.88 Å². The molecule has 2 rings (SSSR count). The second-order valence-corrected chi connectivity index (χ2v) is 5.25. The Kier molecular flexibility index (Phi) is 5.59. The second-order valence-electron chi connectivity index (χ2n) is 5.25. The van der Waals surface area contributed by atoms with Crippen molar-refractivity contribution < 1.29 is 18.7 Å². The second kappa shape index (κ2) is 7.64. The maximum absolute atomic E-state index is 14.4. The summed E-state index contributed by atoms with van der Waals surface area (Å²) in [6, 6.07) is 7.92. The molecule has 1 aromatic carbocycles. The number of carbonyl (C=O) groups excluding carboxylic acids is 1. The lowest BCUT2D eigenvalue weighted by molar-refractivity contribution is -0.139. The third kappa shape index (κ3) is 3.25. The summed E-state index contributed by atoms with van der Waals surface area (Å²) in [5, 5.41) is 9.46. The summed E-state index contributed by atoms with van der Waals surface area (Å²) in [4.78, 5) is 12.5. The van der Waals surface area contributed by atoms with Crippen molar-refractivity contribution >= 4 is 5.97 Å². The fraction of sp³-hybridized carbons (Fsp3) is 0.333. The van der Waals surface area contributed by atoms with Gasteiger partial charge in [-0.05, 0) is 19.4 Å². The molecule has 0 radical (unpaired) electrons. The van der Waals surface area contributed by atoms with E-state index < -0.39 is 17.7 Å². The topological polar surface area (TPSA) is 85.3 Å². The molecular weight excluding hydrogens is 311 g/mol. The lowest BCUT2D eigenvalue weighted by Crippen LogP contribution is -2.26. The molecule has 0 amide bonds. The highest BCUT2D eigenvalue weighted by atomic mass is 19.1. The third-order valence-corrected chi connectivity index (χ3v) is 3.69. The Balaban J connectivity index is 2.69. The first kappa shape index (κ1) is 17.5. The first-order valence-electron chi connectivity index (χ1n) is 7.77. The van der Waals surface area contributed by atoms with Crippen LogP contribution in [-0.4, -0.2) is 12.6 Å². The van der Waals surface area contributed by atoms with Gasteiger partial charge >= 0.3 is 5.97 Å². The quantitative estimate of drug-likeness (QED) is 0.838. The lowest BCUT2D eigenvalue weighted by atomic mass is 9.82. The van der Waals surface area contributed by atoms with Crippen LogP contribution in [0.25, 0.3) is 0 Å². The van der Waals surface area contributed by atoms with Gasteiger partial charge in [0, 0.05) is 12.0 Å². The van der Waals surface area contributed by atoms with Gasteiger partial charge in [-0.1, -0.05) is 25.1 Å². The number of benzene rings is 1. The summed E-state index contributed by atoms with van der Waals surface area (Å²) >= 11 is 0. The van der Waals surface area contributed by atoms with Crippen LogP contribution in [0, 0.1) is 17.1 Å². The Morgan fingerprint density at radius 2 is 2.12 bits per heavy atom. The van der Waals surface area contributed by atoms with Crippen molar-refractivity contribution in [3.63, 3.8) is 0 Å². The van der Waals surface area contributed by atoms with Crippen LogP contribution in [0.4, 0.5) is 4.39 Å². The van der Waals surface area contributed by atoms with Crippen LogP contribution >= 0.6 is 0 Å². The summed E-state index contributed by atoms with van der Waals surface area (Å²) < 4.78 is 25.0. The van der Waals surface area contributed by atoms with Crippen molar-refractivity contribution in [2.75, 3.05) is 6.61 Å². The number of nitrogens with zero attached hydrogens (tertiary/aromatic N) is 1. The molecule has 1 aliphatic heterocycles. The van der Waals surface area contributed by atoms with E-state index in [1.54, 1.807) is 13.0 Å². The summed E-state index contributed by atoms with van der Waals surface area (Å²) in [5.74, 6) is -1.88. The van der Waals surface area contributed by atoms with Gasteiger partial charge in [-0.15, -0.1) is 0 Å². The Labute approximate surface area is 140 Å². The summed E-state index contributed by atoms with van der Waals surface area (Å²) in [5.41, 5.74) is 6.18. The van der Waals surface area contributed by atoms with E-state index >= 15 is 0 Å². The number of nitrogens with two attached hydrogens (primary N) is 1. The van der Waals surface area contributed by atoms with Gasteiger partial charge in [-0.25, -0.2) is 9.18 Å². The minimum atomic E-state index is -0.939. The van der Waals surface area contributed by atoms with Crippen LogP contribution in [0.2, 0.25) is 0 Å². The molecule has 0 bridgehead atoms. The SMILES string of the molecule is CCCC1=C(C(=O)OCC)[C@@H](c2ccccc2F)C(C#N)=C(N)O1. The maximum atomic E-state index is 14.4. The van der Waals surface area contributed by atoms with Crippen LogP contribution in [0.5, 0.6) is 0 Å². The molecule has 1 heterocycles. The number of rotatable bonds is 5. The number of esters is 1. The summed E-state index contributed by atoms with van der Waals surface area (Å²) in [7, 11) is 0. The molecule has 0 aromatic heterocycles. The highest BCUT2D eigenvalue weighted by Crippen LogP contribution is 2.41. The maximum Gasteiger partial charge on any atom is 0.338 e. The molecule has 0 spiro atoms. The highest BCUT2D eigenvalue weighted by molar-refractivity contribution is 5.92. The van der Waals surface area contributed by atoms with Crippen LogP contribution < -0.4 is 5.73 Å². The van der Waals surface area contributed by atoms with E-state index in [4.69, 9.17) is 15.2 Å². The van der Waals surface area contributed by atoms with Gasteiger partial charge in [0.25, 0.3) is 0 Å². The summed E-state index contributed by atoms with van der Waals surface area (Å²) in [6.45, 7) is 3.75. The van der Waals surface area contributed by atoms with Crippen molar-refractivity contribution in [1.29, 1.82) is 5.26 Å². The van der Waals surface area contributed by atoms with Crippen LogP contribution in [0.1, 0.15) is 38.2 Å². The zero-order valence-electron chi connectivity index (χ0n) is 13.6. The smallest absolute Gasteiger partial charge is 0.338 e. The Bertz CT molecular complexity index is 747. The van der Waals surface area contributed by atoms with Gasteiger partial charge < -0.3 is 15.2 Å². The third-order valence-electron chi connectivity index (χ3n) is 3.69. The van der Waals surface area contributed by atoms with Crippen molar-refractivity contribution in [3.05, 3.63) is 58.4 Å². The van der Waals surface area contributed by atoms with Gasteiger partial charge in [-0.2, -0.15) is 5.26 Å². The van der Waals surface area contributed by atoms with Crippen molar-refractivity contribution in [2.45, 2.75) is 32.6 Å². The Morgan fingerprint density at radius 1 is 1.42 bits per heavy atom. The fourth-order valence-corrected chi connectivity index (χ4v) is 2.68. The van der Waals surface area contributed by atoms with Gasteiger partial charge in [0.05, 0.1) is 18.1 Å². The van der Waals surface area contributed by atoms with Gasteiger partial charge in [0.15, 0.2) is 0 Å². The normalized spacial score (nSPS) is 17.3. The molecule has 24 heavy (non-hydrogen) atoms. The zero-order chi connectivity index (χ0) is 17.7. The predicted octanol–water partition coefficient (Wildman–Crippen LogP) is 3.25. The van der Waals surface area contributed by atoms with Crippen molar-refractivity contribution in [1.82, 2.24) is 0 Å². The molecule has 0 fully saturated rings. The van der Waals surface area contributed by atoms with Gasteiger partial charge in [0.1, 0.15) is 23.2 Å². The number of allylic oxidation sites excluding steroid dienone is 2. The monoisotopic (exact) mass is 330 g/mol. The Morgan fingerprint density at radius 3 is 2.71 bits per heavy atom. The largest absolute Gasteiger partial charge is 0.463 e. The lowest BCUT2D eigenvalue weighted by Gasteiger charge is -2.28. The van der Waals surface area contributed by atoms with Gasteiger partial charge in [-0.3, -0.25) is 0 Å². The average molecular weight is 330 g/mol. The van der Waals surface area contributed by atoms with E-state index in [9.17, 15) is 14.4 Å². The van der Waals surface area contributed by atoms with Crippen molar-refractivity contribution in [2.24, 2.45) is 5.73 Å². The summed E-state index contributed by atoms with van der Waals surface area (Å²) in [6.07, 6.45) is 1.12. The number of nitriles is 1. The number of ether oxygens (including phenoxy) is 2. The first-order chi connectivity index (χ1) is 11.5. The van der Waals surface area contributed by atoms with Crippen LogP contribution in [0.3, 0.4) is 0 Å². The van der Waals surface area contributed by atoms with E-state index in [0.717, 1.165) is 0 Å². The number of hydrogen-bond acceptors (Lipinski definition) is 5. The number of hydrogen-bond donors (Lipinski definition) is 1. The molecule has 2 N–H and O–H groups in total. The highest BCUT2D eigenvalue weighted by Gasteiger charge is 2.38. The molecule has 1 atom stereocenters. The number of halogens is 1. The minimum Gasteiger partial charge on any atom is -0.463 e. The molecule has 0 saturated heterocycles. The molecule has 0 aliphatic carbocycles. The first-order valence-corrected chi connectivity index (χ1v) is 7.77. The zero-order valence-corrected chi connectivity index (χ0v) is 13.6. The molecular formula is C18H19FN2O3. The Hall–Kier alpha value is -2.81. The van der Waals surface area contributed by atoms with E-state index in [1.165, 1.54) is 18.2 Å². The average Bonchev–Trinajstić information content (AvgIpc) is 2.55. The predicted molar refractivity (Wildman–Crippen MR) is 85.6 cm³/mol. The molecule has 0 saturated carbocycles. The van der Waals surface area contributed by atoms with E-state index in [2.05, 4.69) is 0 Å². The van der Waals surface area contributed by atoms with Crippen LogP contribution in [-0.2, 0) is 14.3 Å². The molecule has 1 aromatic rings. The van der Waals surface area contributed by atoms with Crippen molar-refractivity contribution in [3.8, 4) is 6.07 Å². The molecule has 0 unspecified atom stereocenters. The van der Waals surface area contributed by atoms with Crippen LogP contribution in [0.15, 0.2) is 47.1 Å². The van der Waals surface area contributed by atoms with E-state index in [-0.39, 0.29) is 29.2 Å². The standard InChI is InChI=1S/C18H19FN2O3/c1-3-7-14-16(18(22)23-4-2)15(12(10-20)17(21)24-14)11-8-5-6-9-13(11)19/h5-6,8-9,15H,3-4,7,21H2,1-2H3/t15-/m0/s1.